The summed E-state index contributed by atoms with van der Waals surface area (Å²) in [4.78, 5) is 0. The Morgan fingerprint density at radius 1 is 1.00 bits per heavy atom. The van der Waals surface area contributed by atoms with Crippen molar-refractivity contribution < 1.29 is 0 Å². The topological polar surface area (TPSA) is 26.0 Å². The van der Waals surface area contributed by atoms with Crippen LogP contribution in [0.3, 0.4) is 0 Å². The zero-order valence-electron chi connectivity index (χ0n) is 8.10. The molecule has 0 heterocycles. The highest BCUT2D eigenvalue weighted by atomic mass is 35.5. The van der Waals surface area contributed by atoms with Gasteiger partial charge in [0.25, 0.3) is 0 Å². The Bertz CT molecular complexity index is 287. The maximum atomic E-state index is 5.90. The molecule has 0 aromatic heterocycles. The lowest BCUT2D eigenvalue weighted by molar-refractivity contribution is 0.686. The van der Waals surface area contributed by atoms with E-state index in [1.807, 2.05) is 18.2 Å². The van der Waals surface area contributed by atoms with Crippen molar-refractivity contribution >= 4 is 23.2 Å². The molecule has 1 aromatic rings. The molecular formula is C11H15Cl2N. The Kier molecular flexibility index (Phi) is 5.31. The standard InChI is InChI=1S/C11H15Cl2N/c12-10-6-5-9(8-11(10)13)4-2-1-3-7-14/h5-6,8H,1-4,7,14H2. The summed E-state index contributed by atoms with van der Waals surface area (Å²) in [5.41, 5.74) is 6.66. The van der Waals surface area contributed by atoms with Gasteiger partial charge in [-0.05, 0) is 43.5 Å². The summed E-state index contributed by atoms with van der Waals surface area (Å²) in [6.45, 7) is 0.779. The second kappa shape index (κ2) is 6.28. The van der Waals surface area contributed by atoms with Crippen molar-refractivity contribution in [2.45, 2.75) is 25.7 Å². The summed E-state index contributed by atoms with van der Waals surface area (Å²) >= 11 is 11.7. The van der Waals surface area contributed by atoms with Crippen molar-refractivity contribution in [2.75, 3.05) is 6.54 Å². The van der Waals surface area contributed by atoms with E-state index in [0.717, 1.165) is 25.8 Å². The molecule has 0 aliphatic carbocycles. The van der Waals surface area contributed by atoms with E-state index in [2.05, 4.69) is 0 Å². The van der Waals surface area contributed by atoms with Gasteiger partial charge in [-0.1, -0.05) is 35.7 Å². The third-order valence-corrected chi connectivity index (χ3v) is 2.89. The van der Waals surface area contributed by atoms with Crippen LogP contribution in [-0.4, -0.2) is 6.54 Å². The number of benzene rings is 1. The molecule has 1 nitrogen and oxygen atoms in total. The van der Waals surface area contributed by atoms with Crippen molar-refractivity contribution in [2.24, 2.45) is 5.73 Å². The van der Waals surface area contributed by atoms with Gasteiger partial charge in [0, 0.05) is 0 Å². The predicted molar refractivity (Wildman–Crippen MR) is 63.1 cm³/mol. The van der Waals surface area contributed by atoms with Gasteiger partial charge >= 0.3 is 0 Å². The molecule has 0 amide bonds. The molecule has 0 aliphatic heterocycles. The Labute approximate surface area is 95.2 Å². The first-order valence-electron chi connectivity index (χ1n) is 4.88. The molecule has 0 spiro atoms. The first kappa shape index (κ1) is 11.8. The van der Waals surface area contributed by atoms with Gasteiger partial charge in [0.15, 0.2) is 0 Å². The minimum Gasteiger partial charge on any atom is -0.330 e. The summed E-state index contributed by atoms with van der Waals surface area (Å²) in [5, 5.41) is 1.26. The molecule has 0 radical (unpaired) electrons. The molecule has 3 heteroatoms. The number of hydrogen-bond acceptors (Lipinski definition) is 1. The fourth-order valence-corrected chi connectivity index (χ4v) is 1.67. The number of unbranched alkanes of at least 4 members (excludes halogenated alkanes) is 2. The maximum Gasteiger partial charge on any atom is 0.0595 e. The average molecular weight is 232 g/mol. The molecule has 1 aromatic carbocycles. The van der Waals surface area contributed by atoms with Crippen LogP contribution in [0, 0.1) is 0 Å². The van der Waals surface area contributed by atoms with Crippen LogP contribution in [0.2, 0.25) is 10.0 Å². The van der Waals surface area contributed by atoms with E-state index in [0.29, 0.717) is 10.0 Å². The van der Waals surface area contributed by atoms with Gasteiger partial charge in [0.2, 0.25) is 0 Å². The Balaban J connectivity index is 2.39. The average Bonchev–Trinajstić information content (AvgIpc) is 2.18. The molecule has 0 fully saturated rings. The number of hydrogen-bond donors (Lipinski definition) is 1. The minimum absolute atomic E-state index is 0.623. The molecule has 78 valence electrons. The van der Waals surface area contributed by atoms with E-state index in [1.54, 1.807) is 0 Å². The van der Waals surface area contributed by atoms with Crippen molar-refractivity contribution in [3.8, 4) is 0 Å². The highest BCUT2D eigenvalue weighted by Crippen LogP contribution is 2.23. The Morgan fingerprint density at radius 3 is 2.43 bits per heavy atom. The zero-order chi connectivity index (χ0) is 10.4. The van der Waals surface area contributed by atoms with Gasteiger partial charge in [-0.3, -0.25) is 0 Å². The molecule has 0 saturated heterocycles. The molecule has 0 aliphatic rings. The van der Waals surface area contributed by atoms with E-state index in [1.165, 1.54) is 12.0 Å². The number of aryl methyl sites for hydroxylation is 1. The van der Waals surface area contributed by atoms with Gasteiger partial charge < -0.3 is 5.73 Å². The van der Waals surface area contributed by atoms with Crippen molar-refractivity contribution in [1.29, 1.82) is 0 Å². The van der Waals surface area contributed by atoms with E-state index in [-0.39, 0.29) is 0 Å². The maximum absolute atomic E-state index is 5.90. The van der Waals surface area contributed by atoms with Crippen LogP contribution >= 0.6 is 23.2 Å². The quantitative estimate of drug-likeness (QED) is 0.770. The molecule has 14 heavy (non-hydrogen) atoms. The lowest BCUT2D eigenvalue weighted by Gasteiger charge is -2.02. The summed E-state index contributed by atoms with van der Waals surface area (Å²) in [5.74, 6) is 0. The molecule has 0 bridgehead atoms. The monoisotopic (exact) mass is 231 g/mol. The molecule has 2 N–H and O–H groups in total. The van der Waals surface area contributed by atoms with Crippen molar-refractivity contribution in [3.63, 3.8) is 0 Å². The van der Waals surface area contributed by atoms with Crippen LogP contribution in [0.25, 0.3) is 0 Å². The van der Waals surface area contributed by atoms with Crippen molar-refractivity contribution in [1.82, 2.24) is 0 Å². The van der Waals surface area contributed by atoms with Gasteiger partial charge in [-0.25, -0.2) is 0 Å². The second-order valence-electron chi connectivity index (χ2n) is 3.35. The zero-order valence-corrected chi connectivity index (χ0v) is 9.61. The van der Waals surface area contributed by atoms with Gasteiger partial charge in [0.1, 0.15) is 0 Å². The number of nitrogens with two attached hydrogens (primary N) is 1. The van der Waals surface area contributed by atoms with Gasteiger partial charge in [-0.15, -0.1) is 0 Å². The summed E-state index contributed by atoms with van der Waals surface area (Å²) < 4.78 is 0. The third-order valence-electron chi connectivity index (χ3n) is 2.15. The largest absolute Gasteiger partial charge is 0.330 e. The second-order valence-corrected chi connectivity index (χ2v) is 4.16. The normalized spacial score (nSPS) is 10.5. The van der Waals surface area contributed by atoms with E-state index in [4.69, 9.17) is 28.9 Å². The fraction of sp³-hybridized carbons (Fsp3) is 0.455. The van der Waals surface area contributed by atoms with Gasteiger partial charge in [0.05, 0.1) is 10.0 Å². The lowest BCUT2D eigenvalue weighted by Crippen LogP contribution is -1.98. The first-order valence-corrected chi connectivity index (χ1v) is 5.63. The third kappa shape index (κ3) is 3.87. The number of halogens is 2. The summed E-state index contributed by atoms with van der Waals surface area (Å²) in [7, 11) is 0. The Morgan fingerprint density at radius 2 is 1.79 bits per heavy atom. The molecule has 0 atom stereocenters. The van der Waals surface area contributed by atoms with Crippen LogP contribution in [-0.2, 0) is 6.42 Å². The highest BCUT2D eigenvalue weighted by Gasteiger charge is 1.99. The predicted octanol–water partition coefficient (Wildman–Crippen LogP) is 3.66. The summed E-state index contributed by atoms with van der Waals surface area (Å²) in [6, 6.07) is 5.81. The van der Waals surface area contributed by atoms with Crippen LogP contribution in [0.5, 0.6) is 0 Å². The first-order chi connectivity index (χ1) is 6.74. The smallest absolute Gasteiger partial charge is 0.0595 e. The van der Waals surface area contributed by atoms with Crippen molar-refractivity contribution in [3.05, 3.63) is 33.8 Å². The molecule has 1 rings (SSSR count). The van der Waals surface area contributed by atoms with Crippen LogP contribution in [0.4, 0.5) is 0 Å². The van der Waals surface area contributed by atoms with Crippen LogP contribution < -0.4 is 5.73 Å². The Hall–Kier alpha value is -0.240. The highest BCUT2D eigenvalue weighted by molar-refractivity contribution is 6.42. The van der Waals surface area contributed by atoms with E-state index < -0.39 is 0 Å². The van der Waals surface area contributed by atoms with E-state index >= 15 is 0 Å². The van der Waals surface area contributed by atoms with Crippen LogP contribution in [0.15, 0.2) is 18.2 Å². The SMILES string of the molecule is NCCCCCc1ccc(Cl)c(Cl)c1. The minimum atomic E-state index is 0.623. The lowest BCUT2D eigenvalue weighted by atomic mass is 10.1. The van der Waals surface area contributed by atoms with E-state index in [9.17, 15) is 0 Å². The summed E-state index contributed by atoms with van der Waals surface area (Å²) in [6.07, 6.45) is 4.49. The fourth-order valence-electron chi connectivity index (χ4n) is 1.35. The molecule has 0 saturated carbocycles. The van der Waals surface area contributed by atoms with Gasteiger partial charge in [-0.2, -0.15) is 0 Å². The molecular weight excluding hydrogens is 217 g/mol. The number of rotatable bonds is 5. The molecule has 0 unspecified atom stereocenters. The van der Waals surface area contributed by atoms with Crippen LogP contribution in [0.1, 0.15) is 24.8 Å².